The lowest BCUT2D eigenvalue weighted by Gasteiger charge is -2.31. The minimum absolute atomic E-state index is 0.221. The molecule has 2 aliphatic heterocycles. The largest absolute Gasteiger partial charge is 0.451 e. The number of fused-ring (bicyclic) bond motifs is 2. The van der Waals surface area contributed by atoms with E-state index >= 15 is 0 Å². The van der Waals surface area contributed by atoms with Gasteiger partial charge in [-0.2, -0.15) is 0 Å². The van der Waals surface area contributed by atoms with Gasteiger partial charge < -0.3 is 19.5 Å². The average molecular weight is 319 g/mol. The number of amides is 1. The van der Waals surface area contributed by atoms with Crippen LogP contribution in [0.3, 0.4) is 0 Å². The fourth-order valence-electron chi connectivity index (χ4n) is 2.95. The highest BCUT2D eigenvalue weighted by molar-refractivity contribution is 5.94. The molecule has 1 unspecified atom stereocenters. The Morgan fingerprint density at radius 2 is 2.13 bits per heavy atom. The van der Waals surface area contributed by atoms with Gasteiger partial charge >= 0.3 is 12.1 Å². The van der Waals surface area contributed by atoms with Crippen molar-refractivity contribution in [3.8, 4) is 0 Å². The van der Waals surface area contributed by atoms with E-state index in [1.54, 1.807) is 11.0 Å². The number of carbonyl (C=O) groups excluding carboxylic acids is 2. The molecule has 0 aliphatic carbocycles. The Hall–Kier alpha value is -2.08. The van der Waals surface area contributed by atoms with Crippen LogP contribution in [0, 0.1) is 0 Å². The second-order valence-electron chi connectivity index (χ2n) is 6.94. The molecule has 3 rings (SSSR count). The fourth-order valence-corrected chi connectivity index (χ4v) is 2.95. The molecular weight excluding hydrogens is 298 g/mol. The van der Waals surface area contributed by atoms with E-state index < -0.39 is 17.7 Å². The summed E-state index contributed by atoms with van der Waals surface area (Å²) in [7, 11) is 0. The van der Waals surface area contributed by atoms with Crippen LogP contribution >= 0.6 is 0 Å². The molecule has 124 valence electrons. The van der Waals surface area contributed by atoms with Crippen molar-refractivity contribution in [1.82, 2.24) is 4.90 Å². The highest BCUT2D eigenvalue weighted by atomic mass is 16.6. The standard InChI is InChI=1S/C17H21NO5/c1-17(2,3)23-16(21)18-5-4-10-6-12-13(7-11(10)8-18)15(20)22-14(12)9-19/h6-7,14,19H,4-5,8-9H2,1-3H3. The second kappa shape index (κ2) is 5.53. The molecule has 1 aromatic rings. The normalized spacial score (nSPS) is 19.9. The average Bonchev–Trinajstić information content (AvgIpc) is 2.78. The van der Waals surface area contributed by atoms with Crippen LogP contribution in [0.4, 0.5) is 4.79 Å². The maximum atomic E-state index is 12.2. The van der Waals surface area contributed by atoms with Crippen molar-refractivity contribution in [2.24, 2.45) is 0 Å². The Kier molecular flexibility index (Phi) is 3.80. The lowest BCUT2D eigenvalue weighted by atomic mass is 9.93. The Bertz CT molecular complexity index is 662. The van der Waals surface area contributed by atoms with E-state index in [0.29, 0.717) is 25.1 Å². The topological polar surface area (TPSA) is 76.1 Å². The molecular formula is C17H21NO5. The summed E-state index contributed by atoms with van der Waals surface area (Å²) in [5.74, 6) is -0.420. The van der Waals surface area contributed by atoms with Crippen LogP contribution < -0.4 is 0 Å². The third kappa shape index (κ3) is 3.03. The van der Waals surface area contributed by atoms with Gasteiger partial charge in [0, 0.05) is 18.7 Å². The maximum absolute atomic E-state index is 12.2. The minimum Gasteiger partial charge on any atom is -0.451 e. The number of carbonyl (C=O) groups is 2. The van der Waals surface area contributed by atoms with E-state index in [0.717, 1.165) is 16.7 Å². The van der Waals surface area contributed by atoms with Crippen molar-refractivity contribution in [2.45, 2.75) is 45.4 Å². The molecule has 0 radical (unpaired) electrons. The number of aliphatic hydroxyl groups is 1. The van der Waals surface area contributed by atoms with E-state index in [9.17, 15) is 14.7 Å². The summed E-state index contributed by atoms with van der Waals surface area (Å²) < 4.78 is 10.5. The van der Waals surface area contributed by atoms with Crippen LogP contribution in [0.15, 0.2) is 12.1 Å². The number of aliphatic hydroxyl groups excluding tert-OH is 1. The molecule has 6 heteroatoms. The number of nitrogens with zero attached hydrogens (tertiary/aromatic N) is 1. The number of cyclic esters (lactones) is 1. The summed E-state index contributed by atoms with van der Waals surface area (Å²) in [6.45, 7) is 6.26. The quantitative estimate of drug-likeness (QED) is 0.803. The molecule has 0 bridgehead atoms. The first-order valence-electron chi connectivity index (χ1n) is 7.74. The monoisotopic (exact) mass is 319 g/mol. The van der Waals surface area contributed by atoms with Gasteiger partial charge in [0.1, 0.15) is 5.60 Å². The van der Waals surface area contributed by atoms with Crippen molar-refractivity contribution < 1.29 is 24.2 Å². The number of rotatable bonds is 1. The van der Waals surface area contributed by atoms with E-state index in [1.165, 1.54) is 0 Å². The van der Waals surface area contributed by atoms with Gasteiger partial charge in [-0.1, -0.05) is 6.07 Å². The zero-order valence-electron chi connectivity index (χ0n) is 13.6. The Morgan fingerprint density at radius 3 is 2.78 bits per heavy atom. The van der Waals surface area contributed by atoms with Crippen molar-refractivity contribution in [3.05, 3.63) is 34.4 Å². The molecule has 1 amide bonds. The van der Waals surface area contributed by atoms with Crippen molar-refractivity contribution in [1.29, 1.82) is 0 Å². The summed E-state index contributed by atoms with van der Waals surface area (Å²) in [4.78, 5) is 25.7. The molecule has 23 heavy (non-hydrogen) atoms. The molecule has 2 heterocycles. The Labute approximate surface area is 135 Å². The van der Waals surface area contributed by atoms with Gasteiger partial charge in [0.15, 0.2) is 6.10 Å². The fraction of sp³-hybridized carbons (Fsp3) is 0.529. The molecule has 0 fully saturated rings. The summed E-state index contributed by atoms with van der Waals surface area (Å²) in [5, 5.41) is 9.31. The summed E-state index contributed by atoms with van der Waals surface area (Å²) in [5.41, 5.74) is 2.69. The first-order chi connectivity index (χ1) is 10.8. The smallest absolute Gasteiger partial charge is 0.410 e. The molecule has 0 saturated heterocycles. The first kappa shape index (κ1) is 15.8. The van der Waals surface area contributed by atoms with E-state index in [-0.39, 0.29) is 12.7 Å². The van der Waals surface area contributed by atoms with Gasteiger partial charge in [-0.3, -0.25) is 0 Å². The third-order valence-corrected chi connectivity index (χ3v) is 4.02. The van der Waals surface area contributed by atoms with Gasteiger partial charge in [-0.15, -0.1) is 0 Å². The van der Waals surface area contributed by atoms with Gasteiger partial charge in [-0.25, -0.2) is 9.59 Å². The maximum Gasteiger partial charge on any atom is 0.410 e. The number of ether oxygens (including phenoxy) is 2. The van der Waals surface area contributed by atoms with E-state index in [1.807, 2.05) is 26.8 Å². The zero-order valence-corrected chi connectivity index (χ0v) is 13.6. The molecule has 0 spiro atoms. The molecule has 1 N–H and O–H groups in total. The Balaban J connectivity index is 1.84. The Morgan fingerprint density at radius 1 is 1.39 bits per heavy atom. The lowest BCUT2D eigenvalue weighted by molar-refractivity contribution is 0.0219. The SMILES string of the molecule is CC(C)(C)OC(=O)N1CCc2cc3c(cc2C1)C(=O)OC3CO. The van der Waals surface area contributed by atoms with Crippen LogP contribution in [0.25, 0.3) is 0 Å². The molecule has 0 aromatic heterocycles. The van der Waals surface area contributed by atoms with Crippen LogP contribution in [0.5, 0.6) is 0 Å². The van der Waals surface area contributed by atoms with Gasteiger partial charge in [0.05, 0.1) is 12.2 Å². The zero-order chi connectivity index (χ0) is 16.8. The van der Waals surface area contributed by atoms with Crippen molar-refractivity contribution >= 4 is 12.1 Å². The lowest BCUT2D eigenvalue weighted by Crippen LogP contribution is -2.40. The van der Waals surface area contributed by atoms with Crippen LogP contribution in [-0.4, -0.2) is 40.8 Å². The number of hydrogen-bond donors (Lipinski definition) is 1. The van der Waals surface area contributed by atoms with Crippen molar-refractivity contribution in [3.63, 3.8) is 0 Å². The molecule has 1 aromatic carbocycles. The molecule has 1 atom stereocenters. The summed E-state index contributed by atoms with van der Waals surface area (Å²) >= 11 is 0. The van der Waals surface area contributed by atoms with Crippen LogP contribution in [0.1, 0.15) is 53.9 Å². The molecule has 2 aliphatic rings. The minimum atomic E-state index is -0.577. The molecule has 0 saturated carbocycles. The van der Waals surface area contributed by atoms with Crippen molar-refractivity contribution in [2.75, 3.05) is 13.2 Å². The highest BCUT2D eigenvalue weighted by Gasteiger charge is 2.33. The highest BCUT2D eigenvalue weighted by Crippen LogP contribution is 2.34. The third-order valence-electron chi connectivity index (χ3n) is 4.02. The number of esters is 1. The predicted octanol–water partition coefficient (Wildman–Crippen LogP) is 2.18. The van der Waals surface area contributed by atoms with Crippen LogP contribution in [0.2, 0.25) is 0 Å². The predicted molar refractivity (Wildman–Crippen MR) is 82.0 cm³/mol. The van der Waals surface area contributed by atoms with Gasteiger partial charge in [-0.05, 0) is 44.4 Å². The summed E-state index contributed by atoms with van der Waals surface area (Å²) in [6.07, 6.45) is -0.236. The number of hydrogen-bond acceptors (Lipinski definition) is 5. The number of benzene rings is 1. The van der Waals surface area contributed by atoms with Crippen LogP contribution in [-0.2, 0) is 22.4 Å². The second-order valence-corrected chi connectivity index (χ2v) is 6.94. The van der Waals surface area contributed by atoms with E-state index in [2.05, 4.69) is 0 Å². The first-order valence-corrected chi connectivity index (χ1v) is 7.74. The van der Waals surface area contributed by atoms with Gasteiger partial charge in [0.2, 0.25) is 0 Å². The summed E-state index contributed by atoms with van der Waals surface area (Å²) in [6, 6.07) is 3.70. The van der Waals surface area contributed by atoms with Gasteiger partial charge in [0.25, 0.3) is 0 Å². The van der Waals surface area contributed by atoms with E-state index in [4.69, 9.17) is 9.47 Å². The molecule has 6 nitrogen and oxygen atoms in total.